The minimum atomic E-state index is -2.21. The van der Waals surface area contributed by atoms with E-state index in [0.717, 1.165) is 4.47 Å². The molecule has 1 aliphatic heterocycles. The molecule has 0 spiro atoms. The molecule has 3 aromatic rings. The number of hydrazine groups is 1. The average molecular weight is 875 g/mol. The van der Waals surface area contributed by atoms with Crippen molar-refractivity contribution in [2.45, 2.75) is 14.1 Å². The Morgan fingerprint density at radius 1 is 0.729 bits per heavy atom. The van der Waals surface area contributed by atoms with E-state index >= 15 is 0 Å². The number of carbonyl (C=O) groups excluding carboxylic acids is 5. The Labute approximate surface area is 320 Å². The molecule has 3 aromatic carbocycles. The lowest BCUT2D eigenvalue weighted by atomic mass is 9.84. The summed E-state index contributed by atoms with van der Waals surface area (Å²) in [7, 11) is 0. The van der Waals surface area contributed by atoms with Crippen LogP contribution in [0.25, 0.3) is 0 Å². The third-order valence-electron chi connectivity index (χ3n) is 8.29. The monoisotopic (exact) mass is 870 g/mol. The van der Waals surface area contributed by atoms with Gasteiger partial charge in [-0.25, -0.2) is 9.80 Å². The maximum Gasteiger partial charge on any atom is 0.343 e. The number of carbonyl (C=O) groups is 5. The third kappa shape index (κ3) is 5.19. The van der Waals surface area contributed by atoms with Crippen LogP contribution in [0.4, 0.5) is 0 Å². The topological polar surface area (TPSA) is 101 Å². The summed E-state index contributed by atoms with van der Waals surface area (Å²) in [5.41, 5.74) is 0.219. The van der Waals surface area contributed by atoms with Crippen molar-refractivity contribution >= 4 is 138 Å². The minimum absolute atomic E-state index is 0.00713. The molecule has 2 aliphatic carbocycles. The molecule has 17 heteroatoms. The van der Waals surface area contributed by atoms with Gasteiger partial charge in [0.1, 0.15) is 22.0 Å². The van der Waals surface area contributed by atoms with E-state index in [1.165, 1.54) is 42.5 Å². The maximum absolute atomic E-state index is 14.1. The summed E-state index contributed by atoms with van der Waals surface area (Å²) in [6.45, 7) is -0.833. The van der Waals surface area contributed by atoms with Crippen LogP contribution in [0.1, 0.15) is 31.1 Å². The Balaban J connectivity index is 1.32. The lowest BCUT2D eigenvalue weighted by Gasteiger charge is -2.36. The number of nitrogens with zero attached hydrogens (tertiary/aromatic N) is 2. The van der Waals surface area contributed by atoms with Crippen molar-refractivity contribution in [3.8, 4) is 5.75 Å². The van der Waals surface area contributed by atoms with Crippen LogP contribution in [0, 0.1) is 11.8 Å². The number of ketones is 1. The van der Waals surface area contributed by atoms with Crippen molar-refractivity contribution in [1.29, 1.82) is 0 Å². The molecule has 0 radical (unpaired) electrons. The molecule has 48 heavy (non-hydrogen) atoms. The summed E-state index contributed by atoms with van der Waals surface area (Å²) < 4.78 is 3.95. The van der Waals surface area contributed by atoms with E-state index < -0.39 is 61.9 Å². The fourth-order valence-corrected chi connectivity index (χ4v) is 9.41. The van der Waals surface area contributed by atoms with Gasteiger partial charge in [0, 0.05) is 15.6 Å². The van der Waals surface area contributed by atoms with Gasteiger partial charge in [0.2, 0.25) is 0 Å². The number of allylic oxidation sites excluding steroid dienone is 2. The lowest BCUT2D eigenvalue weighted by Crippen LogP contribution is -2.56. The number of alkyl halides is 4. The first-order valence-electron chi connectivity index (χ1n) is 13.5. The predicted molar refractivity (Wildman–Crippen MR) is 187 cm³/mol. The summed E-state index contributed by atoms with van der Waals surface area (Å²) >= 11 is 55.1. The highest BCUT2D eigenvalue weighted by Gasteiger charge is 2.88. The molecule has 1 saturated carbocycles. The van der Waals surface area contributed by atoms with Gasteiger partial charge in [0.15, 0.2) is 10.1 Å². The Bertz CT molecular complexity index is 1930. The Morgan fingerprint density at radius 3 is 1.75 bits per heavy atom. The number of halogens is 9. The quantitative estimate of drug-likeness (QED) is 0.0775. The Morgan fingerprint density at radius 2 is 1.23 bits per heavy atom. The van der Waals surface area contributed by atoms with E-state index in [0.29, 0.717) is 15.6 Å². The van der Waals surface area contributed by atoms with Gasteiger partial charge in [-0.05, 0) is 66.7 Å². The van der Waals surface area contributed by atoms with Crippen LogP contribution < -0.4 is 4.74 Å². The molecule has 0 aromatic heterocycles. The number of Topliss-reactive ketones (excluding diaryl/α,β-unsaturated/α-hetero) is 1. The molecule has 6 rings (SSSR count). The molecular weight excluding hydrogens is 860 g/mol. The molecule has 1 saturated heterocycles. The van der Waals surface area contributed by atoms with Crippen molar-refractivity contribution in [3.63, 3.8) is 0 Å². The van der Waals surface area contributed by atoms with Crippen LogP contribution in [-0.4, -0.2) is 60.1 Å². The van der Waals surface area contributed by atoms with E-state index in [4.69, 9.17) is 97.5 Å². The number of rotatable bonds is 7. The highest BCUT2D eigenvalue weighted by Crippen LogP contribution is 2.77. The summed E-state index contributed by atoms with van der Waals surface area (Å²) in [6, 6.07) is 15.8. The lowest BCUT2D eigenvalue weighted by molar-refractivity contribution is -0.154. The summed E-state index contributed by atoms with van der Waals surface area (Å²) in [5.74, 6) is -7.42. The van der Waals surface area contributed by atoms with Gasteiger partial charge in [-0.1, -0.05) is 85.5 Å². The second-order valence-corrected chi connectivity index (χ2v) is 15.9. The van der Waals surface area contributed by atoms with Gasteiger partial charge >= 0.3 is 5.97 Å². The first kappa shape index (κ1) is 35.8. The van der Waals surface area contributed by atoms with Crippen molar-refractivity contribution < 1.29 is 28.7 Å². The Hall–Kier alpha value is -2.05. The van der Waals surface area contributed by atoms with Crippen LogP contribution in [0.5, 0.6) is 5.75 Å². The zero-order valence-corrected chi connectivity index (χ0v) is 31.1. The van der Waals surface area contributed by atoms with Crippen LogP contribution >= 0.6 is 109 Å². The second-order valence-electron chi connectivity index (χ2n) is 10.9. The van der Waals surface area contributed by atoms with Gasteiger partial charge in [0.25, 0.3) is 17.7 Å². The molecule has 0 N–H and O–H groups in total. The van der Waals surface area contributed by atoms with E-state index in [-0.39, 0.29) is 37.0 Å². The molecule has 0 unspecified atom stereocenters. The van der Waals surface area contributed by atoms with E-state index in [9.17, 15) is 24.0 Å². The second kappa shape index (κ2) is 12.6. The van der Waals surface area contributed by atoms with Crippen molar-refractivity contribution in [3.05, 3.63) is 108 Å². The molecule has 3 amide bonds. The molecule has 4 atom stereocenters. The van der Waals surface area contributed by atoms with Crippen molar-refractivity contribution in [2.24, 2.45) is 11.8 Å². The van der Waals surface area contributed by atoms with E-state index in [1.807, 2.05) is 0 Å². The summed E-state index contributed by atoms with van der Waals surface area (Å²) in [5, 5.41) is 0.582. The molecule has 248 valence electrons. The zero-order valence-electron chi connectivity index (χ0n) is 23.5. The number of ether oxygens (including phenoxy) is 1. The minimum Gasteiger partial charge on any atom is -0.423 e. The number of amides is 3. The third-order valence-corrected chi connectivity index (χ3v) is 13.8. The highest BCUT2D eigenvalue weighted by atomic mass is 79.9. The summed E-state index contributed by atoms with van der Waals surface area (Å²) in [6.07, 6.45) is 0. The summed E-state index contributed by atoms with van der Waals surface area (Å²) in [4.78, 5) is 64.0. The molecule has 8 nitrogen and oxygen atoms in total. The van der Waals surface area contributed by atoms with Crippen LogP contribution in [0.15, 0.2) is 81.3 Å². The molecule has 1 heterocycles. The first-order chi connectivity index (χ1) is 22.5. The van der Waals surface area contributed by atoms with Gasteiger partial charge in [0.05, 0.1) is 37.5 Å². The van der Waals surface area contributed by atoms with Crippen molar-refractivity contribution in [2.75, 3.05) is 6.54 Å². The van der Waals surface area contributed by atoms with Crippen LogP contribution in [-0.2, 0) is 9.59 Å². The number of hydrogen-bond acceptors (Lipinski definition) is 6. The number of fused-ring (bicyclic) bond motifs is 5. The van der Waals surface area contributed by atoms with Crippen molar-refractivity contribution in [1.82, 2.24) is 10.0 Å². The average Bonchev–Trinajstić information content (AvgIpc) is 3.44. The van der Waals surface area contributed by atoms with Gasteiger partial charge < -0.3 is 4.74 Å². The van der Waals surface area contributed by atoms with Crippen LogP contribution in [0.2, 0.25) is 10.0 Å². The molecule has 2 fully saturated rings. The van der Waals surface area contributed by atoms with Gasteiger partial charge in [-0.15, -0.1) is 23.2 Å². The molecule has 2 bridgehead atoms. The van der Waals surface area contributed by atoms with E-state index in [1.54, 1.807) is 24.3 Å². The zero-order chi connectivity index (χ0) is 35.1. The fourth-order valence-electron chi connectivity index (χ4n) is 5.92. The maximum atomic E-state index is 14.1. The number of hydrogen-bond donors (Lipinski definition) is 0. The SMILES string of the molecule is O=C(CN(C(=O)c1ccc(Cl)c(Cl)c1)N1C(=O)[C@H]2[C@H](C1=O)[C@@]1(Cl)C(Cl)=C(Cl)[C@@]2(Cl)C1(Cl)Cl)c1ccc(OC(=O)c2ccc(Br)cc2)cc1. The number of esters is 1. The van der Waals surface area contributed by atoms with E-state index in [2.05, 4.69) is 15.9 Å². The first-order valence-corrected chi connectivity index (χ1v) is 17.4. The normalized spacial score (nSPS) is 25.4. The van der Waals surface area contributed by atoms with Gasteiger partial charge in [-0.3, -0.25) is 19.2 Å². The number of imide groups is 1. The predicted octanol–water partition coefficient (Wildman–Crippen LogP) is 8.66. The highest BCUT2D eigenvalue weighted by molar-refractivity contribution is 9.10. The largest absolute Gasteiger partial charge is 0.423 e. The van der Waals surface area contributed by atoms with Crippen LogP contribution in [0.3, 0.4) is 0 Å². The standard InChI is InChI=1S/C31H15BrCl8N2O6/c32-16-6-1-14(2-7-16)28(47)48-17-8-3-13(4-9-17)20(43)12-41(25(44)15-5-10-18(33)19(34)11-15)42-26(45)21-22(27(42)46)30(38)24(36)23(35)29(21,37)31(30,39)40/h1-11,21-22H,12H2/t21-,22-,29-,30-/m1/s1. The Kier molecular flexibility index (Phi) is 9.40. The molecular formula is C31H15BrCl8N2O6. The fraction of sp³-hybridized carbons (Fsp3) is 0.194. The van der Waals surface area contributed by atoms with Gasteiger partial charge in [-0.2, -0.15) is 5.01 Å². The smallest absolute Gasteiger partial charge is 0.343 e. The molecule has 3 aliphatic rings. The number of benzene rings is 3.